The molecule has 1 aliphatic carbocycles. The smallest absolute Gasteiger partial charge is 0.407 e. The molecule has 0 saturated heterocycles. The second-order valence-electron chi connectivity index (χ2n) is 17.2. The summed E-state index contributed by atoms with van der Waals surface area (Å²) >= 11 is 5.66. The Kier molecular flexibility index (Phi) is 29.0. The number of nitrogens with one attached hydrogen (secondary N) is 4. The van der Waals surface area contributed by atoms with E-state index < -0.39 is 12.2 Å². The molecule has 1 heterocycles. The van der Waals surface area contributed by atoms with Crippen molar-refractivity contribution in [3.8, 4) is 0 Å². The van der Waals surface area contributed by atoms with Crippen LogP contribution in [0.25, 0.3) is 10.9 Å². The second kappa shape index (κ2) is 35.2. The number of carbonyl (C=O) groups is 5. The van der Waals surface area contributed by atoms with E-state index in [2.05, 4.69) is 34.3 Å². The minimum atomic E-state index is -0.538. The third-order valence-corrected chi connectivity index (χ3v) is 12.3. The van der Waals surface area contributed by atoms with Gasteiger partial charge in [0.2, 0.25) is 11.8 Å². The monoisotopic (exact) mass is 999 g/mol. The van der Waals surface area contributed by atoms with Crippen LogP contribution in [0, 0.1) is 5.92 Å². The van der Waals surface area contributed by atoms with E-state index >= 15 is 0 Å². The van der Waals surface area contributed by atoms with E-state index in [1.807, 2.05) is 60.0 Å². The Hall–Kier alpha value is -4.94. The predicted molar refractivity (Wildman–Crippen MR) is 272 cm³/mol. The van der Waals surface area contributed by atoms with Crippen LogP contribution in [-0.4, -0.2) is 139 Å². The number of anilines is 1. The molecular weight excluding hydrogens is 920 g/mol. The normalized spacial score (nSPS) is 14.5. The van der Waals surface area contributed by atoms with Crippen LogP contribution < -0.4 is 26.2 Å². The van der Waals surface area contributed by atoms with E-state index in [1.54, 1.807) is 4.90 Å². The van der Waals surface area contributed by atoms with E-state index in [4.69, 9.17) is 40.0 Å². The summed E-state index contributed by atoms with van der Waals surface area (Å²) in [5.74, 6) is 0.358. The van der Waals surface area contributed by atoms with Gasteiger partial charge in [-0.05, 0) is 94.5 Å². The van der Waals surface area contributed by atoms with E-state index in [-0.39, 0.29) is 62.7 Å². The molecule has 1 aliphatic rings. The number of carbonyl (C=O) groups excluding carboxylic acids is 5. The SMILES string of the molecule is CCc1cccc(N(CC)C(=O)Cn2c(C(=O)NC3CCC(C(=O)NCCCCCCNC(=O)OCCOCCOCCOC(=O)NCCOCCOCCCCCCCl)CC3)cc3ccccc32)c1. The van der Waals surface area contributed by atoms with Crippen molar-refractivity contribution >= 4 is 58.1 Å². The first-order valence-corrected chi connectivity index (χ1v) is 26.0. The Morgan fingerprint density at radius 1 is 0.629 bits per heavy atom. The summed E-state index contributed by atoms with van der Waals surface area (Å²) in [4.78, 5) is 66.0. The van der Waals surface area contributed by atoms with E-state index in [0.717, 1.165) is 79.9 Å². The maximum atomic E-state index is 13.8. The minimum Gasteiger partial charge on any atom is -0.447 e. The van der Waals surface area contributed by atoms with Crippen LogP contribution >= 0.6 is 11.6 Å². The maximum Gasteiger partial charge on any atom is 0.407 e. The average Bonchev–Trinajstić information content (AvgIpc) is 3.74. The van der Waals surface area contributed by atoms with Gasteiger partial charge < -0.3 is 59.2 Å². The number of para-hydroxylation sites is 1. The lowest BCUT2D eigenvalue weighted by Crippen LogP contribution is -2.42. The van der Waals surface area contributed by atoms with Gasteiger partial charge >= 0.3 is 12.2 Å². The standard InChI is InChI=1S/C52H79ClN6O11/c1-3-41-16-15-18-45(38-41)58(4-2)48(60)40-59-46-19-10-9-17-43(46)39-47(59)50(62)57-44-22-20-42(21-23-44)49(61)54-25-12-6-7-13-26-55-51(63)69-36-34-67-32-33-68-35-37-70-52(64)56-27-29-66-31-30-65-28-14-8-5-11-24-53/h9-10,15-19,38-39,42,44H,3-8,11-14,20-37,40H2,1-2H3,(H,54,61)(H,55,63)(H,56,64)(H,57,62). The number of benzene rings is 2. The van der Waals surface area contributed by atoms with Crippen molar-refractivity contribution in [2.24, 2.45) is 5.92 Å². The third-order valence-electron chi connectivity index (χ3n) is 12.0. The molecule has 0 atom stereocenters. The highest BCUT2D eigenvalue weighted by atomic mass is 35.5. The number of nitrogens with zero attached hydrogens (tertiary/aromatic N) is 2. The van der Waals surface area contributed by atoms with E-state index in [9.17, 15) is 24.0 Å². The molecule has 1 fully saturated rings. The molecule has 17 nitrogen and oxygen atoms in total. The van der Waals surface area contributed by atoms with Crippen LogP contribution in [0.15, 0.2) is 54.6 Å². The fourth-order valence-corrected chi connectivity index (χ4v) is 8.34. The second-order valence-corrected chi connectivity index (χ2v) is 17.6. The van der Waals surface area contributed by atoms with Gasteiger partial charge in [-0.25, -0.2) is 9.59 Å². The number of aryl methyl sites for hydroxylation is 1. The first kappa shape index (κ1) is 57.6. The van der Waals surface area contributed by atoms with Crippen molar-refractivity contribution in [1.82, 2.24) is 25.8 Å². The van der Waals surface area contributed by atoms with Crippen LogP contribution in [0.4, 0.5) is 15.3 Å². The number of alkyl carbamates (subject to hydrolysis) is 2. The molecule has 0 spiro atoms. The lowest BCUT2D eigenvalue weighted by atomic mass is 9.85. The van der Waals surface area contributed by atoms with Crippen LogP contribution in [0.5, 0.6) is 0 Å². The number of amides is 5. The number of likely N-dealkylation sites (N-methyl/N-ethyl adjacent to an activating group) is 1. The van der Waals surface area contributed by atoms with Crippen LogP contribution in [0.3, 0.4) is 0 Å². The zero-order chi connectivity index (χ0) is 50.0. The molecule has 0 unspecified atom stereocenters. The number of unbranched alkanes of at least 4 members (excludes halogenated alkanes) is 6. The number of fused-ring (bicyclic) bond motifs is 1. The summed E-state index contributed by atoms with van der Waals surface area (Å²) in [6.07, 6.45) is 10.4. The number of aromatic nitrogens is 1. The number of hydrogen-bond donors (Lipinski definition) is 4. The van der Waals surface area contributed by atoms with Gasteiger partial charge in [0.25, 0.3) is 5.91 Å². The Labute approximate surface area is 419 Å². The molecule has 4 N–H and O–H groups in total. The topological polar surface area (TPSA) is 197 Å². The lowest BCUT2D eigenvalue weighted by Gasteiger charge is -2.28. The molecule has 0 aliphatic heterocycles. The first-order chi connectivity index (χ1) is 34.2. The first-order valence-electron chi connectivity index (χ1n) is 25.5. The van der Waals surface area contributed by atoms with Gasteiger partial charge in [0, 0.05) is 67.2 Å². The summed E-state index contributed by atoms with van der Waals surface area (Å²) in [5, 5.41) is 12.5. The molecule has 5 amide bonds. The predicted octanol–water partition coefficient (Wildman–Crippen LogP) is 7.54. The molecule has 3 aromatic rings. The number of hydrogen-bond acceptors (Lipinski definition) is 11. The average molecular weight is 1000 g/mol. The van der Waals surface area contributed by atoms with Gasteiger partial charge in [-0.1, -0.05) is 62.9 Å². The van der Waals surface area contributed by atoms with Gasteiger partial charge in [0.1, 0.15) is 25.5 Å². The largest absolute Gasteiger partial charge is 0.447 e. The highest BCUT2D eigenvalue weighted by molar-refractivity contribution is 6.17. The fourth-order valence-electron chi connectivity index (χ4n) is 8.16. The summed E-state index contributed by atoms with van der Waals surface area (Å²) in [6.45, 7) is 9.38. The van der Waals surface area contributed by atoms with Crippen molar-refractivity contribution in [2.75, 3.05) is 103 Å². The van der Waals surface area contributed by atoms with Crippen LogP contribution in [-0.2, 0) is 51.0 Å². The summed E-state index contributed by atoms with van der Waals surface area (Å²) in [5.41, 5.74) is 3.28. The van der Waals surface area contributed by atoms with Gasteiger partial charge in [-0.3, -0.25) is 14.4 Å². The highest BCUT2D eigenvalue weighted by Crippen LogP contribution is 2.26. The summed E-state index contributed by atoms with van der Waals surface area (Å²) < 4.78 is 33.8. The third kappa shape index (κ3) is 22.4. The van der Waals surface area contributed by atoms with Crippen molar-refractivity contribution in [3.05, 3.63) is 65.9 Å². The number of alkyl halides is 1. The number of halogens is 1. The van der Waals surface area contributed by atoms with Crippen LogP contribution in [0.1, 0.15) is 107 Å². The van der Waals surface area contributed by atoms with E-state index in [1.165, 1.54) is 0 Å². The minimum absolute atomic E-state index is 0.0339. The molecule has 390 valence electrons. The van der Waals surface area contributed by atoms with E-state index in [0.29, 0.717) is 103 Å². The molecular formula is C52H79ClN6O11. The Bertz CT molecular complexity index is 1980. The van der Waals surface area contributed by atoms with Gasteiger partial charge in [-0.2, -0.15) is 0 Å². The highest BCUT2D eigenvalue weighted by Gasteiger charge is 2.29. The Morgan fingerprint density at radius 2 is 1.23 bits per heavy atom. The zero-order valence-corrected chi connectivity index (χ0v) is 42.4. The molecule has 2 aromatic carbocycles. The molecule has 1 saturated carbocycles. The molecule has 4 rings (SSSR count). The molecule has 0 radical (unpaired) electrons. The van der Waals surface area contributed by atoms with Crippen LogP contribution in [0.2, 0.25) is 0 Å². The molecule has 1 aromatic heterocycles. The van der Waals surface area contributed by atoms with Crippen molar-refractivity contribution in [2.45, 2.75) is 110 Å². The van der Waals surface area contributed by atoms with Gasteiger partial charge in [0.15, 0.2) is 0 Å². The number of ether oxygens (including phenoxy) is 6. The van der Waals surface area contributed by atoms with Gasteiger partial charge in [-0.15, -0.1) is 11.6 Å². The van der Waals surface area contributed by atoms with Gasteiger partial charge in [0.05, 0.1) is 46.2 Å². The fraction of sp³-hybridized carbons (Fsp3) is 0.635. The quantitative estimate of drug-likeness (QED) is 0.0332. The Balaban J connectivity index is 0.947. The van der Waals surface area contributed by atoms with Crippen molar-refractivity contribution in [1.29, 1.82) is 0 Å². The summed E-state index contributed by atoms with van der Waals surface area (Å²) in [6, 6.07) is 17.5. The maximum absolute atomic E-state index is 13.8. The Morgan fingerprint density at radius 3 is 1.90 bits per heavy atom. The number of rotatable bonds is 36. The molecule has 18 heteroatoms. The zero-order valence-electron chi connectivity index (χ0n) is 41.6. The molecule has 0 bridgehead atoms. The van der Waals surface area contributed by atoms with Crippen molar-refractivity contribution in [3.63, 3.8) is 0 Å². The van der Waals surface area contributed by atoms with Crippen molar-refractivity contribution < 1.29 is 52.4 Å². The molecule has 70 heavy (non-hydrogen) atoms. The summed E-state index contributed by atoms with van der Waals surface area (Å²) in [7, 11) is 0. The lowest BCUT2D eigenvalue weighted by molar-refractivity contribution is -0.126.